The minimum Gasteiger partial charge on any atom is -0.495 e. The van der Waals surface area contributed by atoms with E-state index in [-0.39, 0.29) is 36.2 Å². The summed E-state index contributed by atoms with van der Waals surface area (Å²) in [7, 11) is 1.58. The summed E-state index contributed by atoms with van der Waals surface area (Å²) in [5.41, 5.74) is 0.730. The van der Waals surface area contributed by atoms with Gasteiger partial charge in [0.15, 0.2) is 0 Å². The highest BCUT2D eigenvalue weighted by atomic mass is 16.5. The maximum absolute atomic E-state index is 12.6. The normalized spacial score (nSPS) is 27.2. The van der Waals surface area contributed by atoms with Crippen LogP contribution in [0, 0.1) is 5.92 Å². The van der Waals surface area contributed by atoms with Crippen molar-refractivity contribution < 1.29 is 14.3 Å². The molecule has 2 aliphatic rings. The molecule has 6 nitrogen and oxygen atoms in total. The van der Waals surface area contributed by atoms with Crippen LogP contribution in [0.15, 0.2) is 24.3 Å². The molecule has 0 radical (unpaired) electrons. The zero-order chi connectivity index (χ0) is 17.1. The lowest BCUT2D eigenvalue weighted by molar-refractivity contribution is -0.127. The van der Waals surface area contributed by atoms with Gasteiger partial charge >= 0.3 is 0 Å². The Bertz CT molecular complexity index is 619. The average Bonchev–Trinajstić information content (AvgIpc) is 2.98. The van der Waals surface area contributed by atoms with Crippen LogP contribution in [0.3, 0.4) is 0 Å². The lowest BCUT2D eigenvalue weighted by Gasteiger charge is -2.31. The fourth-order valence-electron chi connectivity index (χ4n) is 3.51. The monoisotopic (exact) mass is 331 g/mol. The second-order valence-corrected chi connectivity index (χ2v) is 6.58. The summed E-state index contributed by atoms with van der Waals surface area (Å²) in [4.78, 5) is 26.6. The van der Waals surface area contributed by atoms with Gasteiger partial charge in [-0.1, -0.05) is 12.1 Å². The molecule has 2 fully saturated rings. The number of methoxy groups -OCH3 is 1. The van der Waals surface area contributed by atoms with Crippen LogP contribution < -0.4 is 20.3 Å². The van der Waals surface area contributed by atoms with E-state index in [0.29, 0.717) is 12.3 Å². The van der Waals surface area contributed by atoms with Crippen molar-refractivity contribution >= 4 is 17.5 Å². The third-order valence-corrected chi connectivity index (χ3v) is 4.96. The summed E-state index contributed by atoms with van der Waals surface area (Å²) < 4.78 is 5.33. The van der Waals surface area contributed by atoms with Crippen LogP contribution in [0.4, 0.5) is 5.69 Å². The number of piperidine rings is 1. The molecule has 24 heavy (non-hydrogen) atoms. The Balaban J connectivity index is 1.67. The van der Waals surface area contributed by atoms with Crippen LogP contribution in [0.1, 0.15) is 26.2 Å². The smallest absolute Gasteiger partial charge is 0.227 e. The molecule has 3 atom stereocenters. The molecule has 0 aromatic heterocycles. The summed E-state index contributed by atoms with van der Waals surface area (Å²) in [5, 5.41) is 6.50. The van der Waals surface area contributed by atoms with E-state index >= 15 is 0 Å². The molecule has 6 heteroatoms. The zero-order valence-electron chi connectivity index (χ0n) is 14.2. The number of ether oxygens (including phenoxy) is 1. The molecule has 0 spiro atoms. The molecule has 3 unspecified atom stereocenters. The Morgan fingerprint density at radius 1 is 1.38 bits per heavy atom. The Kier molecular flexibility index (Phi) is 5.04. The number of nitrogens with one attached hydrogen (secondary N) is 2. The molecule has 0 aliphatic carbocycles. The first-order valence-electron chi connectivity index (χ1n) is 8.57. The minimum atomic E-state index is -0.309. The Hall–Kier alpha value is -2.08. The molecule has 2 aliphatic heterocycles. The van der Waals surface area contributed by atoms with Crippen LogP contribution in [-0.2, 0) is 9.59 Å². The Morgan fingerprint density at radius 3 is 2.92 bits per heavy atom. The van der Waals surface area contributed by atoms with Gasteiger partial charge in [0.2, 0.25) is 11.8 Å². The zero-order valence-corrected chi connectivity index (χ0v) is 14.2. The van der Waals surface area contributed by atoms with Crippen LogP contribution in [0.5, 0.6) is 5.75 Å². The fourth-order valence-corrected chi connectivity index (χ4v) is 3.51. The van der Waals surface area contributed by atoms with E-state index < -0.39 is 0 Å². The van der Waals surface area contributed by atoms with Gasteiger partial charge in [0, 0.05) is 25.0 Å². The van der Waals surface area contributed by atoms with Crippen LogP contribution in [-0.4, -0.2) is 44.1 Å². The number of hydrogen-bond acceptors (Lipinski definition) is 4. The summed E-state index contributed by atoms with van der Waals surface area (Å²) in [6, 6.07) is 7.82. The van der Waals surface area contributed by atoms with E-state index in [1.54, 1.807) is 12.0 Å². The first kappa shape index (κ1) is 16.8. The highest BCUT2D eigenvalue weighted by molar-refractivity contribution is 6.01. The Morgan fingerprint density at radius 2 is 2.17 bits per heavy atom. The lowest BCUT2D eigenvalue weighted by atomic mass is 9.98. The van der Waals surface area contributed by atoms with E-state index in [9.17, 15) is 9.59 Å². The SMILES string of the molecule is COc1ccccc1N1CC(C(=O)NC2CCCNC2C)CC1=O. The Labute approximate surface area is 142 Å². The molecule has 1 aromatic rings. The van der Waals surface area contributed by atoms with Crippen molar-refractivity contribution in [3.05, 3.63) is 24.3 Å². The fraction of sp³-hybridized carbons (Fsp3) is 0.556. The molecule has 0 saturated carbocycles. The molecular formula is C18H25N3O3. The van der Waals surface area contributed by atoms with Gasteiger partial charge in [0.1, 0.15) is 5.75 Å². The van der Waals surface area contributed by atoms with Gasteiger partial charge in [0.05, 0.1) is 18.7 Å². The second kappa shape index (κ2) is 7.21. The summed E-state index contributed by atoms with van der Waals surface area (Å²) in [5.74, 6) is 0.282. The van der Waals surface area contributed by atoms with E-state index in [4.69, 9.17) is 4.74 Å². The van der Waals surface area contributed by atoms with Crippen LogP contribution in [0.25, 0.3) is 0 Å². The number of hydrogen-bond donors (Lipinski definition) is 2. The molecule has 3 rings (SSSR count). The van der Waals surface area contributed by atoms with Crippen molar-refractivity contribution in [2.75, 3.05) is 25.1 Å². The van der Waals surface area contributed by atoms with Crippen molar-refractivity contribution in [3.63, 3.8) is 0 Å². The number of rotatable bonds is 4. The highest BCUT2D eigenvalue weighted by Gasteiger charge is 2.37. The van der Waals surface area contributed by atoms with E-state index in [0.717, 1.165) is 25.1 Å². The van der Waals surface area contributed by atoms with Gasteiger partial charge in [-0.25, -0.2) is 0 Å². The van der Waals surface area contributed by atoms with Crippen molar-refractivity contribution in [1.82, 2.24) is 10.6 Å². The van der Waals surface area contributed by atoms with Gasteiger partial charge < -0.3 is 20.3 Å². The number of carbonyl (C=O) groups is 2. The van der Waals surface area contributed by atoms with Crippen molar-refractivity contribution in [1.29, 1.82) is 0 Å². The standard InChI is InChI=1S/C18H25N3O3/c1-12-14(6-5-9-19-12)20-18(23)13-10-17(22)21(11-13)15-7-3-4-8-16(15)24-2/h3-4,7-8,12-14,19H,5-6,9-11H2,1-2H3,(H,20,23). The van der Waals surface area contributed by atoms with Gasteiger partial charge in [-0.15, -0.1) is 0 Å². The largest absolute Gasteiger partial charge is 0.495 e. The molecule has 0 bridgehead atoms. The maximum Gasteiger partial charge on any atom is 0.227 e. The topological polar surface area (TPSA) is 70.7 Å². The number of nitrogens with zero attached hydrogens (tertiary/aromatic N) is 1. The molecule has 2 heterocycles. The van der Waals surface area contributed by atoms with E-state index in [1.807, 2.05) is 24.3 Å². The maximum atomic E-state index is 12.6. The minimum absolute atomic E-state index is 0.0266. The van der Waals surface area contributed by atoms with Gasteiger partial charge in [-0.2, -0.15) is 0 Å². The quantitative estimate of drug-likeness (QED) is 0.873. The molecule has 1 aromatic carbocycles. The summed E-state index contributed by atoms with van der Waals surface area (Å²) in [6.45, 7) is 3.49. The number of para-hydroxylation sites is 2. The second-order valence-electron chi connectivity index (χ2n) is 6.58. The third kappa shape index (κ3) is 3.38. The van der Waals surface area contributed by atoms with Crippen LogP contribution in [0.2, 0.25) is 0 Å². The van der Waals surface area contributed by atoms with Crippen molar-refractivity contribution in [3.8, 4) is 5.75 Å². The third-order valence-electron chi connectivity index (χ3n) is 4.96. The predicted molar refractivity (Wildman–Crippen MR) is 92.1 cm³/mol. The van der Waals surface area contributed by atoms with E-state index in [2.05, 4.69) is 17.6 Å². The predicted octanol–water partition coefficient (Wildman–Crippen LogP) is 1.30. The first-order valence-corrected chi connectivity index (χ1v) is 8.57. The van der Waals surface area contributed by atoms with Gasteiger partial charge in [-0.05, 0) is 38.4 Å². The number of carbonyl (C=O) groups excluding carboxylic acids is 2. The van der Waals surface area contributed by atoms with Crippen molar-refractivity contribution in [2.24, 2.45) is 5.92 Å². The van der Waals surface area contributed by atoms with Crippen LogP contribution >= 0.6 is 0 Å². The van der Waals surface area contributed by atoms with Gasteiger partial charge in [-0.3, -0.25) is 9.59 Å². The molecule has 130 valence electrons. The summed E-state index contributed by atoms with van der Waals surface area (Å²) in [6.07, 6.45) is 2.29. The molecule has 2 N–H and O–H groups in total. The number of amides is 2. The number of benzene rings is 1. The lowest BCUT2D eigenvalue weighted by Crippen LogP contribution is -2.53. The van der Waals surface area contributed by atoms with Crippen molar-refractivity contribution in [2.45, 2.75) is 38.3 Å². The number of anilines is 1. The summed E-state index contributed by atoms with van der Waals surface area (Å²) >= 11 is 0. The average molecular weight is 331 g/mol. The molecule has 2 amide bonds. The molecule has 2 saturated heterocycles. The van der Waals surface area contributed by atoms with Gasteiger partial charge in [0.25, 0.3) is 0 Å². The van der Waals surface area contributed by atoms with E-state index in [1.165, 1.54) is 0 Å². The molecular weight excluding hydrogens is 306 g/mol. The first-order chi connectivity index (χ1) is 11.6. The highest BCUT2D eigenvalue weighted by Crippen LogP contribution is 2.32.